The number of nitrogens with zero attached hydrogens (tertiary/aromatic N) is 1. The third-order valence-electron chi connectivity index (χ3n) is 4.84. The third-order valence-corrected chi connectivity index (χ3v) is 4.84. The number of benzene rings is 2. The lowest BCUT2D eigenvalue weighted by Gasteiger charge is -2.23. The first-order valence-corrected chi connectivity index (χ1v) is 9.39. The van der Waals surface area contributed by atoms with E-state index in [2.05, 4.69) is 21.7 Å². The lowest BCUT2D eigenvalue weighted by molar-refractivity contribution is 0.0287. The number of pyridine rings is 1. The number of nitrogens with one attached hydrogen (secondary N) is 2. The molecule has 6 nitrogen and oxygen atoms in total. The van der Waals surface area contributed by atoms with Gasteiger partial charge in [-0.1, -0.05) is 30.3 Å². The van der Waals surface area contributed by atoms with Crippen molar-refractivity contribution in [3.05, 3.63) is 60.2 Å². The number of methoxy groups -OCH3 is 1. The van der Waals surface area contributed by atoms with E-state index in [1.807, 2.05) is 48.5 Å². The average Bonchev–Trinajstić information content (AvgIpc) is 2.77. The molecule has 28 heavy (non-hydrogen) atoms. The van der Waals surface area contributed by atoms with Crippen LogP contribution in [0.25, 0.3) is 22.0 Å². The Hall–Kier alpha value is -2.96. The minimum atomic E-state index is -0.107. The molecule has 1 atom stereocenters. The van der Waals surface area contributed by atoms with Crippen LogP contribution in [-0.2, 0) is 4.74 Å². The van der Waals surface area contributed by atoms with Crippen LogP contribution < -0.4 is 15.4 Å². The van der Waals surface area contributed by atoms with E-state index in [1.54, 1.807) is 7.11 Å². The maximum absolute atomic E-state index is 12.4. The van der Waals surface area contributed by atoms with Crippen molar-refractivity contribution < 1.29 is 14.3 Å². The van der Waals surface area contributed by atoms with Gasteiger partial charge >= 0.3 is 0 Å². The molecule has 0 radical (unpaired) electrons. The monoisotopic (exact) mass is 377 g/mol. The van der Waals surface area contributed by atoms with Crippen LogP contribution in [-0.4, -0.2) is 50.3 Å². The van der Waals surface area contributed by atoms with Crippen molar-refractivity contribution >= 4 is 16.8 Å². The first-order chi connectivity index (χ1) is 13.7. The summed E-state index contributed by atoms with van der Waals surface area (Å²) in [4.78, 5) is 17.0. The van der Waals surface area contributed by atoms with Crippen LogP contribution in [0.3, 0.4) is 0 Å². The second-order valence-electron chi connectivity index (χ2n) is 6.72. The van der Waals surface area contributed by atoms with E-state index < -0.39 is 0 Å². The van der Waals surface area contributed by atoms with Gasteiger partial charge in [0.2, 0.25) is 5.88 Å². The Morgan fingerprint density at radius 3 is 2.82 bits per heavy atom. The Bertz CT molecular complexity index is 966. The average molecular weight is 377 g/mol. The molecule has 144 valence electrons. The lowest BCUT2D eigenvalue weighted by atomic mass is 10.0. The van der Waals surface area contributed by atoms with Gasteiger partial charge in [0.05, 0.1) is 25.3 Å². The largest absolute Gasteiger partial charge is 0.481 e. The molecule has 0 bridgehead atoms. The van der Waals surface area contributed by atoms with Gasteiger partial charge in [-0.15, -0.1) is 0 Å². The van der Waals surface area contributed by atoms with Crippen molar-refractivity contribution in [2.75, 3.05) is 33.4 Å². The van der Waals surface area contributed by atoms with Crippen molar-refractivity contribution in [1.82, 2.24) is 15.6 Å². The van der Waals surface area contributed by atoms with Crippen molar-refractivity contribution in [2.24, 2.45) is 0 Å². The number of fused-ring (bicyclic) bond motifs is 1. The third kappa shape index (κ3) is 3.98. The van der Waals surface area contributed by atoms with Gasteiger partial charge in [0.25, 0.3) is 5.91 Å². The van der Waals surface area contributed by atoms with Crippen LogP contribution in [0.2, 0.25) is 0 Å². The summed E-state index contributed by atoms with van der Waals surface area (Å²) in [6.45, 7) is 2.79. The van der Waals surface area contributed by atoms with E-state index in [4.69, 9.17) is 9.47 Å². The van der Waals surface area contributed by atoms with Gasteiger partial charge in [-0.05, 0) is 29.8 Å². The summed E-state index contributed by atoms with van der Waals surface area (Å²) in [5.74, 6) is 0.460. The van der Waals surface area contributed by atoms with Gasteiger partial charge in [-0.25, -0.2) is 4.98 Å². The standard InChI is InChI=1S/C22H23N3O3/c1-27-22-19(12-17-4-2-3-5-20(17)25-22)15-6-8-16(9-7-15)21(26)24-14-18-13-23-10-11-28-18/h2-9,12,18,23H,10-11,13-14H2,1H3,(H,24,26). The molecule has 4 rings (SSSR count). The second kappa shape index (κ2) is 8.37. The molecule has 1 aliphatic heterocycles. The number of amides is 1. The highest BCUT2D eigenvalue weighted by molar-refractivity contribution is 5.95. The summed E-state index contributed by atoms with van der Waals surface area (Å²) in [5.41, 5.74) is 3.35. The highest BCUT2D eigenvalue weighted by Crippen LogP contribution is 2.31. The lowest BCUT2D eigenvalue weighted by Crippen LogP contribution is -2.45. The fourth-order valence-electron chi connectivity index (χ4n) is 3.32. The number of para-hydroxylation sites is 1. The molecule has 1 aliphatic rings. The second-order valence-corrected chi connectivity index (χ2v) is 6.72. The molecule has 1 unspecified atom stereocenters. The predicted octanol–water partition coefficient (Wildman–Crippen LogP) is 2.63. The molecule has 2 heterocycles. The van der Waals surface area contributed by atoms with E-state index >= 15 is 0 Å². The molecule has 0 spiro atoms. The number of carbonyl (C=O) groups excluding carboxylic acids is 1. The zero-order chi connectivity index (χ0) is 19.3. The van der Waals surface area contributed by atoms with E-state index in [9.17, 15) is 4.79 Å². The van der Waals surface area contributed by atoms with E-state index in [0.717, 1.165) is 35.1 Å². The number of rotatable bonds is 5. The zero-order valence-corrected chi connectivity index (χ0v) is 15.8. The van der Waals surface area contributed by atoms with Crippen molar-refractivity contribution in [1.29, 1.82) is 0 Å². The van der Waals surface area contributed by atoms with Crippen molar-refractivity contribution in [3.8, 4) is 17.0 Å². The van der Waals surface area contributed by atoms with Crippen molar-refractivity contribution in [2.45, 2.75) is 6.10 Å². The Labute approximate surface area is 163 Å². The van der Waals surface area contributed by atoms with Gasteiger partial charge in [-0.3, -0.25) is 4.79 Å². The summed E-state index contributed by atoms with van der Waals surface area (Å²) in [6.07, 6.45) is 0.0184. The van der Waals surface area contributed by atoms with Crippen LogP contribution in [0.5, 0.6) is 5.88 Å². The van der Waals surface area contributed by atoms with Crippen LogP contribution in [0.1, 0.15) is 10.4 Å². The van der Waals surface area contributed by atoms with E-state index in [-0.39, 0.29) is 12.0 Å². The quantitative estimate of drug-likeness (QED) is 0.715. The van der Waals surface area contributed by atoms with E-state index in [0.29, 0.717) is 24.6 Å². The van der Waals surface area contributed by atoms with Gasteiger partial charge in [0, 0.05) is 36.1 Å². The Kier molecular flexibility index (Phi) is 5.50. The molecular formula is C22H23N3O3. The Morgan fingerprint density at radius 1 is 1.25 bits per heavy atom. The van der Waals surface area contributed by atoms with Crippen LogP contribution >= 0.6 is 0 Å². The van der Waals surface area contributed by atoms with Crippen LogP contribution in [0.15, 0.2) is 54.6 Å². The number of carbonyl (C=O) groups is 1. The molecule has 1 aromatic heterocycles. The van der Waals surface area contributed by atoms with Crippen LogP contribution in [0.4, 0.5) is 0 Å². The fourth-order valence-corrected chi connectivity index (χ4v) is 3.32. The Balaban J connectivity index is 1.51. The Morgan fingerprint density at radius 2 is 2.07 bits per heavy atom. The molecule has 6 heteroatoms. The maximum atomic E-state index is 12.4. The first-order valence-electron chi connectivity index (χ1n) is 9.39. The molecule has 1 saturated heterocycles. The first kappa shape index (κ1) is 18.4. The number of aromatic nitrogens is 1. The highest BCUT2D eigenvalue weighted by Gasteiger charge is 2.15. The molecule has 3 aromatic rings. The van der Waals surface area contributed by atoms with Gasteiger partial charge in [0.15, 0.2) is 0 Å². The van der Waals surface area contributed by atoms with E-state index in [1.165, 1.54) is 0 Å². The predicted molar refractivity (Wildman–Crippen MR) is 109 cm³/mol. The number of hydrogen-bond donors (Lipinski definition) is 2. The minimum Gasteiger partial charge on any atom is -0.481 e. The van der Waals surface area contributed by atoms with Crippen LogP contribution in [0, 0.1) is 0 Å². The topological polar surface area (TPSA) is 72.5 Å². The molecule has 1 fully saturated rings. The molecule has 0 saturated carbocycles. The molecule has 1 amide bonds. The molecule has 2 N–H and O–H groups in total. The molecule has 0 aliphatic carbocycles. The number of morpholine rings is 1. The number of ether oxygens (including phenoxy) is 2. The summed E-state index contributed by atoms with van der Waals surface area (Å²) >= 11 is 0. The maximum Gasteiger partial charge on any atom is 0.251 e. The van der Waals surface area contributed by atoms with Gasteiger partial charge in [0.1, 0.15) is 0 Å². The molecule has 2 aromatic carbocycles. The highest BCUT2D eigenvalue weighted by atomic mass is 16.5. The summed E-state index contributed by atoms with van der Waals surface area (Å²) < 4.78 is 11.1. The van der Waals surface area contributed by atoms with Gasteiger partial charge < -0.3 is 20.1 Å². The van der Waals surface area contributed by atoms with Crippen molar-refractivity contribution in [3.63, 3.8) is 0 Å². The zero-order valence-electron chi connectivity index (χ0n) is 15.8. The number of hydrogen-bond acceptors (Lipinski definition) is 5. The minimum absolute atomic E-state index is 0.0184. The van der Waals surface area contributed by atoms with Gasteiger partial charge in [-0.2, -0.15) is 0 Å². The molecular weight excluding hydrogens is 354 g/mol. The smallest absolute Gasteiger partial charge is 0.251 e. The fraction of sp³-hybridized carbons (Fsp3) is 0.273. The SMILES string of the molecule is COc1nc2ccccc2cc1-c1ccc(C(=O)NCC2CNCCO2)cc1. The summed E-state index contributed by atoms with van der Waals surface area (Å²) in [6, 6.07) is 17.5. The summed E-state index contributed by atoms with van der Waals surface area (Å²) in [5, 5.41) is 7.23. The summed E-state index contributed by atoms with van der Waals surface area (Å²) in [7, 11) is 1.62. The normalized spacial score (nSPS) is 16.7.